The zero-order chi connectivity index (χ0) is 43.6. The molecular weight excluding hydrogens is 783 g/mol. The fourth-order valence-corrected chi connectivity index (χ4v) is 6.99. The molecule has 1 aromatic heterocycles. The van der Waals surface area contributed by atoms with Crippen LogP contribution in [0.1, 0.15) is 53.3 Å². The number of pyridine rings is 1. The van der Waals surface area contributed by atoms with Crippen molar-refractivity contribution in [2.45, 2.75) is 38.6 Å². The maximum absolute atomic E-state index is 13.3. The van der Waals surface area contributed by atoms with Crippen molar-refractivity contribution in [3.05, 3.63) is 120 Å². The summed E-state index contributed by atoms with van der Waals surface area (Å²) in [6.07, 6.45) is 5.27. The summed E-state index contributed by atoms with van der Waals surface area (Å²) in [5.41, 5.74) is 4.21. The molecule has 0 saturated carbocycles. The van der Waals surface area contributed by atoms with Crippen LogP contribution in [0.3, 0.4) is 0 Å². The van der Waals surface area contributed by atoms with Gasteiger partial charge in [-0.05, 0) is 68.2 Å². The molecule has 2 saturated heterocycles. The van der Waals surface area contributed by atoms with Crippen molar-refractivity contribution in [2.24, 2.45) is 0 Å². The monoisotopic (exact) mass is 827 g/mol. The molecule has 1 unspecified atom stereocenters. The first kappa shape index (κ1) is 43.0. The van der Waals surface area contributed by atoms with Gasteiger partial charge in [0.25, 0.3) is 29.5 Å². The first-order valence-corrected chi connectivity index (χ1v) is 19.5. The lowest BCUT2D eigenvalue weighted by Gasteiger charge is -2.27. The maximum Gasteiger partial charge on any atom is 0.265 e. The second kappa shape index (κ2) is 19.4. The van der Waals surface area contributed by atoms with Gasteiger partial charge in [-0.15, -0.1) is 0 Å². The lowest BCUT2D eigenvalue weighted by Crippen LogP contribution is -2.54. The third-order valence-electron chi connectivity index (χ3n) is 10.1. The number of methoxy groups -OCH3 is 1. The second-order valence-corrected chi connectivity index (χ2v) is 14.1. The molecule has 6 rings (SSSR count). The number of benzene rings is 3. The van der Waals surface area contributed by atoms with E-state index in [1.165, 1.54) is 25.3 Å². The molecule has 3 aromatic carbocycles. The number of nitrogens with zero attached hydrogens (tertiary/aromatic N) is 2. The van der Waals surface area contributed by atoms with Crippen molar-refractivity contribution in [2.75, 3.05) is 39.2 Å². The van der Waals surface area contributed by atoms with Gasteiger partial charge in [0.1, 0.15) is 17.6 Å². The number of carbonyl (C=O) groups excluding carboxylic acids is 7. The molecule has 0 radical (unpaired) electrons. The molecule has 0 spiro atoms. The Kier molecular flexibility index (Phi) is 13.7. The second-order valence-electron chi connectivity index (χ2n) is 14.1. The Labute approximate surface area is 351 Å². The number of fused-ring (bicyclic) bond motifs is 1. The summed E-state index contributed by atoms with van der Waals surface area (Å²) < 4.78 is 11.3. The quantitative estimate of drug-likeness (QED) is 0.0467. The number of carbonyl (C=O) groups is 7. The summed E-state index contributed by atoms with van der Waals surface area (Å²) in [6, 6.07) is 19.1. The standard InChI is InChI=1S/C45H45N7O9/c1-5-11-30-39(45(59)52(44(30)58)35-18-19-37(53)51-43(35)57)26(2)61-25-38(54)47-20-9-10-21-48-41(55)28-16-14-27(15-17-28)31-22-32-34(23-36(31)60-4)49-24-33(42(56)46-3)40(32)50-29-12-7-6-8-13-29/h5-8,11-17,22-24,35H,1,9-10,18-21,25H2,2-4H3,(H,46,56)(H,47,54)(H,48,55)(H,49,50)(H,51,53,57)/b30-11+,39-26-. The van der Waals surface area contributed by atoms with Crippen LogP contribution >= 0.6 is 0 Å². The Morgan fingerprint density at radius 1 is 0.951 bits per heavy atom. The van der Waals surface area contributed by atoms with Gasteiger partial charge in [-0.25, -0.2) is 0 Å². The fraction of sp³-hybridized carbons (Fsp3) is 0.244. The summed E-state index contributed by atoms with van der Waals surface area (Å²) in [4.78, 5) is 94.3. The molecule has 16 nitrogen and oxygen atoms in total. The van der Waals surface area contributed by atoms with Crippen LogP contribution < -0.4 is 31.3 Å². The van der Waals surface area contributed by atoms with E-state index in [0.717, 1.165) is 21.7 Å². The molecule has 16 heteroatoms. The number of aromatic nitrogens is 1. The topological polar surface area (TPSA) is 214 Å². The van der Waals surface area contributed by atoms with E-state index in [1.807, 2.05) is 54.6 Å². The van der Waals surface area contributed by atoms with Crippen molar-refractivity contribution >= 4 is 63.6 Å². The molecular formula is C45H45N7O9. The normalized spacial score (nSPS) is 16.5. The average Bonchev–Trinajstić information content (AvgIpc) is 3.51. The largest absolute Gasteiger partial charge is 0.496 e. The van der Waals surface area contributed by atoms with Gasteiger partial charge >= 0.3 is 0 Å². The van der Waals surface area contributed by atoms with Crippen molar-refractivity contribution in [3.63, 3.8) is 0 Å². The number of anilines is 2. The minimum absolute atomic E-state index is 0.00285. The molecule has 5 N–H and O–H groups in total. The van der Waals surface area contributed by atoms with Crippen LogP contribution in [0, 0.1) is 0 Å². The lowest BCUT2D eigenvalue weighted by atomic mass is 9.98. The Bertz CT molecular complexity index is 2480. The lowest BCUT2D eigenvalue weighted by molar-refractivity contribution is -0.149. The first-order valence-electron chi connectivity index (χ1n) is 19.5. The molecule has 2 aliphatic rings. The van der Waals surface area contributed by atoms with Gasteiger partial charge in [-0.1, -0.05) is 43.0 Å². The van der Waals surface area contributed by atoms with Crippen LogP contribution in [0.2, 0.25) is 0 Å². The molecule has 2 fully saturated rings. The maximum atomic E-state index is 13.3. The minimum Gasteiger partial charge on any atom is -0.496 e. The highest BCUT2D eigenvalue weighted by molar-refractivity contribution is 6.26. The number of rotatable bonds is 16. The van der Waals surface area contributed by atoms with Crippen molar-refractivity contribution in [1.82, 2.24) is 31.2 Å². The van der Waals surface area contributed by atoms with Gasteiger partial charge in [-0.2, -0.15) is 0 Å². The number of unbranched alkanes of at least 4 members (excludes halogenated alkanes) is 1. The molecule has 7 amide bonds. The van der Waals surface area contributed by atoms with E-state index >= 15 is 0 Å². The number of amides is 7. The van der Waals surface area contributed by atoms with Crippen molar-refractivity contribution in [1.29, 1.82) is 0 Å². The predicted molar refractivity (Wildman–Crippen MR) is 226 cm³/mol. The molecule has 4 aromatic rings. The SMILES string of the molecule is C=C/C=C1/C(=O)N(C2CCC(=O)NC2=O)C(=O)/C1=C(/C)OCC(=O)NCCCCNC(=O)c1ccc(-c2cc3c(Nc4ccccc4)c(C(=O)NC)cnc3cc2OC)cc1. The van der Waals surface area contributed by atoms with Crippen LogP contribution in [0.5, 0.6) is 5.75 Å². The van der Waals surface area contributed by atoms with E-state index in [1.54, 1.807) is 26.3 Å². The van der Waals surface area contributed by atoms with E-state index in [0.29, 0.717) is 59.4 Å². The Balaban J connectivity index is 1.01. The summed E-state index contributed by atoms with van der Waals surface area (Å²) in [5, 5.41) is 14.5. The molecule has 2 aliphatic heterocycles. The van der Waals surface area contributed by atoms with Gasteiger partial charge in [0.15, 0.2) is 6.61 Å². The number of piperidine rings is 1. The highest BCUT2D eigenvalue weighted by atomic mass is 16.5. The molecule has 61 heavy (non-hydrogen) atoms. The highest BCUT2D eigenvalue weighted by Crippen LogP contribution is 2.38. The van der Waals surface area contributed by atoms with E-state index in [9.17, 15) is 33.6 Å². The van der Waals surface area contributed by atoms with E-state index < -0.39 is 42.2 Å². The predicted octanol–water partition coefficient (Wildman–Crippen LogP) is 4.22. The minimum atomic E-state index is -1.15. The average molecular weight is 828 g/mol. The summed E-state index contributed by atoms with van der Waals surface area (Å²) in [7, 11) is 3.13. The van der Waals surface area contributed by atoms with Gasteiger partial charge in [0.05, 0.1) is 35.0 Å². The molecule has 314 valence electrons. The van der Waals surface area contributed by atoms with Gasteiger partial charge in [-0.3, -0.25) is 48.8 Å². The van der Waals surface area contributed by atoms with Crippen molar-refractivity contribution in [3.8, 4) is 16.9 Å². The smallest absolute Gasteiger partial charge is 0.265 e. The molecule has 0 bridgehead atoms. The molecule has 1 atom stereocenters. The van der Waals surface area contributed by atoms with Crippen LogP contribution in [0.15, 0.2) is 109 Å². The number of hydrogen-bond donors (Lipinski definition) is 5. The van der Waals surface area contributed by atoms with Gasteiger partial charge in [0, 0.05) is 61.0 Å². The number of para-hydroxylation sites is 1. The first-order chi connectivity index (χ1) is 29.4. The molecule has 3 heterocycles. The number of hydrogen-bond acceptors (Lipinski definition) is 11. The summed E-state index contributed by atoms with van der Waals surface area (Å²) in [6.45, 7) is 5.24. The number of ether oxygens (including phenoxy) is 2. The number of allylic oxidation sites excluding steroid dienone is 3. The summed E-state index contributed by atoms with van der Waals surface area (Å²) >= 11 is 0. The van der Waals surface area contributed by atoms with Gasteiger partial charge in [0.2, 0.25) is 11.8 Å². The van der Waals surface area contributed by atoms with Crippen LogP contribution in [-0.2, 0) is 28.7 Å². The zero-order valence-electron chi connectivity index (χ0n) is 33.9. The van der Waals surface area contributed by atoms with Crippen LogP contribution in [-0.4, -0.2) is 91.1 Å². The Morgan fingerprint density at radius 2 is 1.67 bits per heavy atom. The molecule has 0 aliphatic carbocycles. The zero-order valence-corrected chi connectivity index (χ0v) is 33.9. The van der Waals surface area contributed by atoms with Crippen LogP contribution in [0.25, 0.3) is 22.0 Å². The highest BCUT2D eigenvalue weighted by Gasteiger charge is 2.47. The third-order valence-corrected chi connectivity index (χ3v) is 10.1. The van der Waals surface area contributed by atoms with Crippen LogP contribution in [0.4, 0.5) is 11.4 Å². The third kappa shape index (κ3) is 9.65. The number of nitrogens with one attached hydrogen (secondary N) is 5. The fourth-order valence-electron chi connectivity index (χ4n) is 6.99. The van der Waals surface area contributed by atoms with Gasteiger partial charge < -0.3 is 30.7 Å². The Hall–Kier alpha value is -7.62. The van der Waals surface area contributed by atoms with E-state index in [4.69, 9.17) is 9.47 Å². The van der Waals surface area contributed by atoms with Crippen molar-refractivity contribution < 1.29 is 43.0 Å². The number of imide groups is 2. The van der Waals surface area contributed by atoms with E-state index in [2.05, 4.69) is 38.1 Å². The van der Waals surface area contributed by atoms with E-state index in [-0.39, 0.29) is 41.6 Å². The number of likely N-dealkylation sites (tertiary alicyclic amines) is 1. The summed E-state index contributed by atoms with van der Waals surface area (Å²) in [5.74, 6) is -3.17. The Morgan fingerprint density at radius 3 is 2.34 bits per heavy atom.